The minimum absolute atomic E-state index is 0.182. The molecule has 0 atom stereocenters. The molecule has 0 amide bonds. The number of sulfonamides is 1. The van der Waals surface area contributed by atoms with Gasteiger partial charge in [0.2, 0.25) is 0 Å². The van der Waals surface area contributed by atoms with Gasteiger partial charge in [-0.15, -0.1) is 0 Å². The van der Waals surface area contributed by atoms with Gasteiger partial charge in [-0.05, 0) is 73.4 Å². The average molecular weight is 438 g/mol. The van der Waals surface area contributed by atoms with E-state index in [2.05, 4.69) is 20.7 Å². The number of hydrogen-bond donors (Lipinski definition) is 1. The summed E-state index contributed by atoms with van der Waals surface area (Å²) in [6.45, 7) is 7.91. The summed E-state index contributed by atoms with van der Waals surface area (Å²) >= 11 is 3.28. The average Bonchev–Trinajstić information content (AvgIpc) is 2.75. The smallest absolute Gasteiger partial charge is 0.399 e. The summed E-state index contributed by atoms with van der Waals surface area (Å²) in [6, 6.07) is 13.7. The number of hydrogen-bond acceptors (Lipinski definition) is 4. The molecule has 0 saturated carbocycles. The van der Waals surface area contributed by atoms with Gasteiger partial charge in [0.25, 0.3) is 10.0 Å². The molecule has 8 heteroatoms. The predicted molar refractivity (Wildman–Crippen MR) is 107 cm³/mol. The van der Waals surface area contributed by atoms with Crippen LogP contribution >= 0.6 is 15.9 Å². The molecule has 0 radical (unpaired) electrons. The third kappa shape index (κ3) is 3.69. The quantitative estimate of drug-likeness (QED) is 0.742. The highest BCUT2D eigenvalue weighted by Gasteiger charge is 2.51. The molecule has 138 valence electrons. The van der Waals surface area contributed by atoms with Gasteiger partial charge in [-0.2, -0.15) is 0 Å². The molecule has 1 fully saturated rings. The number of benzene rings is 2. The Morgan fingerprint density at radius 3 is 2.19 bits per heavy atom. The first-order valence-corrected chi connectivity index (χ1v) is 10.5. The van der Waals surface area contributed by atoms with E-state index in [0.717, 1.165) is 5.46 Å². The van der Waals surface area contributed by atoms with E-state index < -0.39 is 28.3 Å². The lowest BCUT2D eigenvalue weighted by molar-refractivity contribution is 0.00578. The number of rotatable bonds is 4. The van der Waals surface area contributed by atoms with E-state index >= 15 is 0 Å². The summed E-state index contributed by atoms with van der Waals surface area (Å²) in [5.74, 6) is 0. The first-order valence-electron chi connectivity index (χ1n) is 8.25. The molecule has 1 N–H and O–H groups in total. The molecule has 26 heavy (non-hydrogen) atoms. The zero-order chi connectivity index (χ0) is 19.2. The van der Waals surface area contributed by atoms with Crippen molar-refractivity contribution in [3.63, 3.8) is 0 Å². The van der Waals surface area contributed by atoms with E-state index in [9.17, 15) is 8.42 Å². The Balaban J connectivity index is 1.86. The topological polar surface area (TPSA) is 64.6 Å². The van der Waals surface area contributed by atoms with Crippen molar-refractivity contribution in [1.29, 1.82) is 0 Å². The highest BCUT2D eigenvalue weighted by atomic mass is 79.9. The van der Waals surface area contributed by atoms with Gasteiger partial charge in [0.1, 0.15) is 4.90 Å². The maximum Gasteiger partial charge on any atom is 0.494 e. The number of halogens is 1. The van der Waals surface area contributed by atoms with Crippen LogP contribution in [0.15, 0.2) is 57.9 Å². The van der Waals surface area contributed by atoms with Gasteiger partial charge >= 0.3 is 7.12 Å². The van der Waals surface area contributed by atoms with E-state index in [1.54, 1.807) is 42.5 Å². The largest absolute Gasteiger partial charge is 0.494 e. The monoisotopic (exact) mass is 437 g/mol. The lowest BCUT2D eigenvalue weighted by atomic mass is 9.79. The molecule has 2 aromatic rings. The van der Waals surface area contributed by atoms with Gasteiger partial charge in [-0.1, -0.05) is 24.3 Å². The van der Waals surface area contributed by atoms with Gasteiger partial charge in [-0.3, -0.25) is 4.72 Å². The van der Waals surface area contributed by atoms with Crippen molar-refractivity contribution in [1.82, 2.24) is 0 Å². The first kappa shape index (κ1) is 19.4. The summed E-state index contributed by atoms with van der Waals surface area (Å²) in [7, 11) is -4.26. The van der Waals surface area contributed by atoms with Crippen LogP contribution in [0.2, 0.25) is 0 Å². The molecule has 1 aliphatic rings. The normalized spacial score (nSPS) is 18.7. The molecule has 1 aliphatic heterocycles. The molecule has 0 spiro atoms. The molecule has 3 rings (SSSR count). The lowest BCUT2D eigenvalue weighted by Gasteiger charge is -2.32. The van der Waals surface area contributed by atoms with Gasteiger partial charge in [0.05, 0.1) is 11.2 Å². The van der Waals surface area contributed by atoms with E-state index in [1.165, 1.54) is 0 Å². The Bertz CT molecular complexity index is 914. The minimum atomic E-state index is -3.71. The standard InChI is InChI=1S/C18H21BBrNO4S/c1-17(2)18(3,4)25-19(24-17)13-8-7-9-14(12-13)21-26(22,23)16-11-6-5-10-15(16)20/h5-12,21H,1-4H3. The van der Waals surface area contributed by atoms with Crippen LogP contribution in [0.3, 0.4) is 0 Å². The van der Waals surface area contributed by atoms with Crippen LogP contribution < -0.4 is 10.2 Å². The Morgan fingerprint density at radius 1 is 0.962 bits per heavy atom. The number of nitrogens with one attached hydrogen (secondary N) is 1. The second kappa shape index (κ2) is 6.67. The van der Waals surface area contributed by atoms with Crippen LogP contribution in [0.5, 0.6) is 0 Å². The second-order valence-corrected chi connectivity index (χ2v) is 9.75. The van der Waals surface area contributed by atoms with Crippen molar-refractivity contribution >= 4 is 44.2 Å². The van der Waals surface area contributed by atoms with Gasteiger partial charge in [0, 0.05) is 10.2 Å². The molecular formula is C18H21BBrNO4S. The van der Waals surface area contributed by atoms with Crippen molar-refractivity contribution < 1.29 is 17.7 Å². The molecule has 0 unspecified atom stereocenters. The fourth-order valence-corrected chi connectivity index (χ4v) is 4.65. The van der Waals surface area contributed by atoms with E-state index in [0.29, 0.717) is 10.2 Å². The maximum atomic E-state index is 12.7. The van der Waals surface area contributed by atoms with Crippen molar-refractivity contribution in [3.8, 4) is 0 Å². The minimum Gasteiger partial charge on any atom is -0.399 e. The molecular weight excluding hydrogens is 417 g/mol. The second-order valence-electron chi connectivity index (χ2n) is 7.25. The van der Waals surface area contributed by atoms with Crippen LogP contribution in [0.1, 0.15) is 27.7 Å². The summed E-state index contributed by atoms with van der Waals surface area (Å²) in [6.07, 6.45) is 0. The summed E-state index contributed by atoms with van der Waals surface area (Å²) in [5, 5.41) is 0. The highest BCUT2D eigenvalue weighted by molar-refractivity contribution is 9.10. The van der Waals surface area contributed by atoms with Crippen molar-refractivity contribution in [2.24, 2.45) is 0 Å². The van der Waals surface area contributed by atoms with E-state index in [-0.39, 0.29) is 4.90 Å². The summed E-state index contributed by atoms with van der Waals surface area (Å²) in [5.41, 5.74) is 0.299. The Labute approximate surface area is 163 Å². The maximum absolute atomic E-state index is 12.7. The number of anilines is 1. The van der Waals surface area contributed by atoms with Crippen molar-refractivity contribution in [2.45, 2.75) is 43.8 Å². The molecule has 5 nitrogen and oxygen atoms in total. The van der Waals surface area contributed by atoms with Crippen LogP contribution in [0, 0.1) is 0 Å². The van der Waals surface area contributed by atoms with Crippen LogP contribution in [0.25, 0.3) is 0 Å². The third-order valence-electron chi connectivity index (χ3n) is 4.79. The predicted octanol–water partition coefficient (Wildman–Crippen LogP) is 3.55. The molecule has 1 saturated heterocycles. The zero-order valence-electron chi connectivity index (χ0n) is 15.1. The van der Waals surface area contributed by atoms with E-state index in [1.807, 2.05) is 33.8 Å². The first-order chi connectivity index (χ1) is 12.0. The fraction of sp³-hybridized carbons (Fsp3) is 0.333. The fourth-order valence-electron chi connectivity index (χ4n) is 2.60. The van der Waals surface area contributed by atoms with Crippen LogP contribution in [-0.4, -0.2) is 26.7 Å². The highest BCUT2D eigenvalue weighted by Crippen LogP contribution is 2.36. The van der Waals surface area contributed by atoms with Crippen LogP contribution in [-0.2, 0) is 19.3 Å². The lowest BCUT2D eigenvalue weighted by Crippen LogP contribution is -2.41. The molecule has 1 heterocycles. The van der Waals surface area contributed by atoms with Crippen molar-refractivity contribution in [2.75, 3.05) is 4.72 Å². The molecule has 2 aromatic carbocycles. The molecule has 0 bridgehead atoms. The SMILES string of the molecule is CC1(C)OB(c2cccc(NS(=O)(=O)c3ccccc3Br)c2)OC1(C)C. The summed E-state index contributed by atoms with van der Waals surface area (Å²) < 4.78 is 40.5. The zero-order valence-corrected chi connectivity index (χ0v) is 17.5. The Morgan fingerprint density at radius 2 is 1.58 bits per heavy atom. The van der Waals surface area contributed by atoms with Gasteiger partial charge < -0.3 is 9.31 Å². The van der Waals surface area contributed by atoms with Gasteiger partial charge in [-0.25, -0.2) is 8.42 Å². The molecule has 0 aliphatic carbocycles. The summed E-state index contributed by atoms with van der Waals surface area (Å²) in [4.78, 5) is 0.182. The van der Waals surface area contributed by atoms with Crippen molar-refractivity contribution in [3.05, 3.63) is 53.0 Å². The van der Waals surface area contributed by atoms with Crippen LogP contribution in [0.4, 0.5) is 5.69 Å². The third-order valence-corrected chi connectivity index (χ3v) is 7.18. The van der Waals surface area contributed by atoms with E-state index in [4.69, 9.17) is 9.31 Å². The van der Waals surface area contributed by atoms with Gasteiger partial charge in [0.15, 0.2) is 0 Å². The molecule has 0 aromatic heterocycles. The Kier molecular flexibility index (Phi) is 4.98. The Hall–Kier alpha value is -1.35.